The summed E-state index contributed by atoms with van der Waals surface area (Å²) in [6, 6.07) is 8.01. The minimum absolute atomic E-state index is 0.124. The van der Waals surface area contributed by atoms with E-state index in [9.17, 15) is 14.4 Å². The fraction of sp³-hybridized carbons (Fsp3) is 0.435. The summed E-state index contributed by atoms with van der Waals surface area (Å²) in [5.74, 6) is -0.288. The second-order valence-electron chi connectivity index (χ2n) is 7.55. The number of nitrogens with zero attached hydrogens (tertiary/aromatic N) is 2. The molecule has 7 nitrogen and oxygen atoms in total. The second kappa shape index (κ2) is 10.5. The van der Waals surface area contributed by atoms with Crippen molar-refractivity contribution in [1.29, 1.82) is 0 Å². The van der Waals surface area contributed by atoms with Crippen LogP contribution in [-0.2, 0) is 25.6 Å². The summed E-state index contributed by atoms with van der Waals surface area (Å²) in [6.45, 7) is 8.04. The number of benzene rings is 1. The van der Waals surface area contributed by atoms with Gasteiger partial charge in [0.25, 0.3) is 5.56 Å². The van der Waals surface area contributed by atoms with Crippen LogP contribution < -0.4 is 14.8 Å². The van der Waals surface area contributed by atoms with E-state index in [-0.39, 0.29) is 24.6 Å². The van der Waals surface area contributed by atoms with Crippen LogP contribution in [0.15, 0.2) is 29.1 Å². The lowest BCUT2D eigenvalue weighted by Gasteiger charge is -2.26. The van der Waals surface area contributed by atoms with Gasteiger partial charge in [-0.05, 0) is 30.0 Å². The minimum atomic E-state index is -0.538. The van der Waals surface area contributed by atoms with Gasteiger partial charge in [0.1, 0.15) is 11.2 Å². The van der Waals surface area contributed by atoms with Crippen LogP contribution >= 0.6 is 11.3 Å². The molecule has 0 unspecified atom stereocenters. The van der Waals surface area contributed by atoms with E-state index in [2.05, 4.69) is 13.8 Å². The van der Waals surface area contributed by atoms with Crippen LogP contribution in [0.4, 0.5) is 0 Å². The largest absolute Gasteiger partial charge is 0.463 e. The first-order valence-corrected chi connectivity index (χ1v) is 11.3. The molecular weight excluding hydrogens is 416 g/mol. The lowest BCUT2D eigenvalue weighted by Crippen LogP contribution is -2.45. The number of hydrogen-bond donors (Lipinski definition) is 0. The highest BCUT2D eigenvalue weighted by Crippen LogP contribution is 2.14. The van der Waals surface area contributed by atoms with E-state index < -0.39 is 5.97 Å². The van der Waals surface area contributed by atoms with Gasteiger partial charge < -0.3 is 14.4 Å². The zero-order valence-corrected chi connectivity index (χ0v) is 18.9. The van der Waals surface area contributed by atoms with Crippen LogP contribution in [0.5, 0.6) is 0 Å². The smallest absolute Gasteiger partial charge is 0.333 e. The highest BCUT2D eigenvalue weighted by atomic mass is 32.1. The highest BCUT2D eigenvalue weighted by Gasteiger charge is 2.19. The molecule has 1 aromatic heterocycles. The van der Waals surface area contributed by atoms with Crippen LogP contribution in [-0.4, -0.2) is 54.3 Å². The van der Waals surface area contributed by atoms with Crippen molar-refractivity contribution in [2.24, 2.45) is 0 Å². The van der Waals surface area contributed by atoms with Crippen molar-refractivity contribution in [3.05, 3.63) is 54.9 Å². The molecular formula is C23H28N2O5S. The number of carbonyl (C=O) groups is 2. The summed E-state index contributed by atoms with van der Waals surface area (Å²) < 4.78 is 12.5. The maximum atomic E-state index is 13.1. The number of aromatic nitrogens is 1. The molecule has 0 atom stereocenters. The number of hydrogen-bond acceptors (Lipinski definition) is 6. The van der Waals surface area contributed by atoms with Crippen LogP contribution in [0.3, 0.4) is 0 Å². The Morgan fingerprint density at radius 1 is 1.19 bits per heavy atom. The van der Waals surface area contributed by atoms with Crippen LogP contribution in [0.25, 0.3) is 12.2 Å². The molecule has 31 heavy (non-hydrogen) atoms. The molecule has 8 heteroatoms. The van der Waals surface area contributed by atoms with E-state index in [4.69, 9.17) is 9.47 Å². The number of esters is 1. The van der Waals surface area contributed by atoms with Gasteiger partial charge in [-0.2, -0.15) is 0 Å². The summed E-state index contributed by atoms with van der Waals surface area (Å²) in [4.78, 5) is 39.5. The first kappa shape index (κ1) is 23.0. The first-order chi connectivity index (χ1) is 14.9. The van der Waals surface area contributed by atoms with E-state index in [0.29, 0.717) is 41.4 Å². The standard InChI is InChI=1S/C23H28N2O5S/c1-4-30-22(27)14-21-25(15-20(26)24-9-11-29-12-10-24)23(28)19(31-21)13-17-5-7-18(8-6-17)16(2)3/h5-8,13-14,16H,4,9-12,15H2,1-3H3/b19-13+,21-14-. The van der Waals surface area contributed by atoms with Crippen molar-refractivity contribution in [2.45, 2.75) is 33.2 Å². The van der Waals surface area contributed by atoms with Crippen molar-refractivity contribution in [1.82, 2.24) is 9.47 Å². The fourth-order valence-corrected chi connectivity index (χ4v) is 4.28. The van der Waals surface area contributed by atoms with Crippen LogP contribution in [0.2, 0.25) is 0 Å². The molecule has 0 aliphatic carbocycles. The molecule has 1 aliphatic heterocycles. The third-order valence-corrected chi connectivity index (χ3v) is 6.08. The molecule has 1 amide bonds. The number of morpholine rings is 1. The third kappa shape index (κ3) is 5.92. The van der Waals surface area contributed by atoms with E-state index >= 15 is 0 Å². The Labute approximate surface area is 185 Å². The second-order valence-corrected chi connectivity index (χ2v) is 8.61. The number of thiazole rings is 1. The normalized spacial score (nSPS) is 15.5. The molecule has 0 bridgehead atoms. The Morgan fingerprint density at radius 3 is 2.48 bits per heavy atom. The molecule has 1 saturated heterocycles. The van der Waals surface area contributed by atoms with Gasteiger partial charge in [0.05, 0.1) is 30.4 Å². The molecule has 3 rings (SSSR count). The molecule has 2 heterocycles. The van der Waals surface area contributed by atoms with Gasteiger partial charge in [-0.15, -0.1) is 11.3 Å². The summed E-state index contributed by atoms with van der Waals surface area (Å²) in [5, 5.41) is 0. The topological polar surface area (TPSA) is 77.8 Å². The average Bonchev–Trinajstić information content (AvgIpc) is 3.03. The molecule has 1 aliphatic rings. The lowest BCUT2D eigenvalue weighted by atomic mass is 10.0. The third-order valence-electron chi connectivity index (χ3n) is 5.02. The van der Waals surface area contributed by atoms with E-state index in [1.807, 2.05) is 24.3 Å². The molecule has 166 valence electrons. The first-order valence-electron chi connectivity index (χ1n) is 10.4. The Kier molecular flexibility index (Phi) is 7.81. The summed E-state index contributed by atoms with van der Waals surface area (Å²) in [6.07, 6.45) is 3.07. The van der Waals surface area contributed by atoms with Crippen LogP contribution in [0.1, 0.15) is 37.8 Å². The number of rotatable bonds is 6. The van der Waals surface area contributed by atoms with Crippen molar-refractivity contribution in [3.63, 3.8) is 0 Å². The number of ether oxygens (including phenoxy) is 2. The summed E-state index contributed by atoms with van der Waals surface area (Å²) in [5.41, 5.74) is 1.81. The summed E-state index contributed by atoms with van der Waals surface area (Å²) >= 11 is 1.18. The molecule has 0 radical (unpaired) electrons. The highest BCUT2D eigenvalue weighted by molar-refractivity contribution is 7.07. The Hall–Kier alpha value is -2.71. The van der Waals surface area contributed by atoms with E-state index in [1.54, 1.807) is 17.9 Å². The van der Waals surface area contributed by atoms with E-state index in [0.717, 1.165) is 5.56 Å². The maximum absolute atomic E-state index is 13.1. The van der Waals surface area contributed by atoms with E-state index in [1.165, 1.54) is 27.5 Å². The zero-order chi connectivity index (χ0) is 22.4. The Bertz CT molecular complexity index is 1090. The Balaban J connectivity index is 2.00. The summed E-state index contributed by atoms with van der Waals surface area (Å²) in [7, 11) is 0. The van der Waals surface area contributed by atoms with Gasteiger partial charge in [-0.1, -0.05) is 38.1 Å². The van der Waals surface area contributed by atoms with Gasteiger partial charge >= 0.3 is 5.97 Å². The Morgan fingerprint density at radius 2 is 1.87 bits per heavy atom. The predicted octanol–water partition coefficient (Wildman–Crippen LogP) is 1.06. The predicted molar refractivity (Wildman–Crippen MR) is 120 cm³/mol. The van der Waals surface area contributed by atoms with Crippen molar-refractivity contribution in [2.75, 3.05) is 32.9 Å². The maximum Gasteiger partial charge on any atom is 0.333 e. The van der Waals surface area contributed by atoms with Gasteiger partial charge in [-0.25, -0.2) is 4.79 Å². The molecule has 0 saturated carbocycles. The van der Waals surface area contributed by atoms with Gasteiger partial charge in [0, 0.05) is 13.1 Å². The molecule has 1 fully saturated rings. The number of carbonyl (C=O) groups excluding carboxylic acids is 2. The molecule has 0 spiro atoms. The van der Waals surface area contributed by atoms with Gasteiger partial charge in [0.15, 0.2) is 0 Å². The number of amides is 1. The van der Waals surface area contributed by atoms with Crippen molar-refractivity contribution in [3.8, 4) is 0 Å². The lowest BCUT2D eigenvalue weighted by molar-refractivity contribution is -0.136. The molecule has 2 aromatic rings. The van der Waals surface area contributed by atoms with Crippen molar-refractivity contribution >= 4 is 35.4 Å². The quantitative estimate of drug-likeness (QED) is 0.623. The zero-order valence-electron chi connectivity index (χ0n) is 18.1. The fourth-order valence-electron chi connectivity index (χ4n) is 3.25. The van der Waals surface area contributed by atoms with Crippen LogP contribution in [0, 0.1) is 0 Å². The average molecular weight is 445 g/mol. The van der Waals surface area contributed by atoms with Gasteiger partial charge in [-0.3, -0.25) is 14.2 Å². The monoisotopic (exact) mass is 444 g/mol. The molecule has 0 N–H and O–H groups in total. The molecule has 1 aromatic carbocycles. The van der Waals surface area contributed by atoms with Crippen molar-refractivity contribution < 1.29 is 19.1 Å². The SMILES string of the molecule is CCOC(=O)/C=c1\s/c(=C/c2ccc(C(C)C)cc2)c(=O)n1CC(=O)N1CCOCC1. The van der Waals surface area contributed by atoms with Gasteiger partial charge in [0.2, 0.25) is 5.91 Å². The minimum Gasteiger partial charge on any atom is -0.463 e.